The first-order chi connectivity index (χ1) is 10.3. The van der Waals surface area contributed by atoms with Gasteiger partial charge in [-0.25, -0.2) is 18.1 Å². The van der Waals surface area contributed by atoms with Gasteiger partial charge in [0, 0.05) is 11.8 Å². The number of ether oxygens (including phenoxy) is 1. The predicted octanol–water partition coefficient (Wildman–Crippen LogP) is 2.17. The topological polar surface area (TPSA) is 85.4 Å². The van der Waals surface area contributed by atoms with Crippen LogP contribution in [0.4, 0.5) is 0 Å². The van der Waals surface area contributed by atoms with Gasteiger partial charge in [0.1, 0.15) is 15.8 Å². The summed E-state index contributed by atoms with van der Waals surface area (Å²) < 4.78 is 31.3. The maximum absolute atomic E-state index is 12.1. The van der Waals surface area contributed by atoms with Gasteiger partial charge in [-0.05, 0) is 36.8 Å². The molecule has 1 N–H and O–H groups in total. The van der Waals surface area contributed by atoms with Gasteiger partial charge >= 0.3 is 0 Å². The van der Waals surface area contributed by atoms with Gasteiger partial charge in [-0.2, -0.15) is 0 Å². The van der Waals surface area contributed by atoms with E-state index in [4.69, 9.17) is 16.3 Å². The number of aryl methyl sites for hydroxylation is 1. The molecule has 0 saturated carbocycles. The average Bonchev–Trinajstić information content (AvgIpc) is 2.47. The number of amides is 1. The lowest BCUT2D eigenvalue weighted by Gasteiger charge is -2.09. The molecule has 0 radical (unpaired) electrons. The Labute approximate surface area is 133 Å². The molecule has 1 aromatic carbocycles. The van der Waals surface area contributed by atoms with Gasteiger partial charge in [-0.3, -0.25) is 4.79 Å². The van der Waals surface area contributed by atoms with E-state index in [1.54, 1.807) is 6.07 Å². The first kappa shape index (κ1) is 16.3. The van der Waals surface area contributed by atoms with Gasteiger partial charge in [0.05, 0.1) is 7.11 Å². The number of pyridine rings is 1. The molecule has 1 heterocycles. The number of halogens is 1. The van der Waals surface area contributed by atoms with Crippen molar-refractivity contribution in [2.75, 3.05) is 7.11 Å². The van der Waals surface area contributed by atoms with Gasteiger partial charge < -0.3 is 4.74 Å². The quantitative estimate of drug-likeness (QED) is 0.862. The molecule has 0 unspecified atom stereocenters. The first-order valence-electron chi connectivity index (χ1n) is 6.17. The van der Waals surface area contributed by atoms with Crippen molar-refractivity contribution in [1.29, 1.82) is 0 Å². The summed E-state index contributed by atoms with van der Waals surface area (Å²) in [6.07, 6.45) is 1.08. The number of carbonyl (C=O) groups is 1. The van der Waals surface area contributed by atoms with E-state index >= 15 is 0 Å². The van der Waals surface area contributed by atoms with Crippen molar-refractivity contribution < 1.29 is 17.9 Å². The molecule has 0 aliphatic carbocycles. The predicted molar refractivity (Wildman–Crippen MR) is 81.6 cm³/mol. The van der Waals surface area contributed by atoms with E-state index < -0.39 is 15.9 Å². The minimum Gasteiger partial charge on any atom is -0.496 e. The second kappa shape index (κ2) is 6.33. The second-order valence-corrected chi connectivity index (χ2v) is 6.51. The molecule has 0 saturated heterocycles. The lowest BCUT2D eigenvalue weighted by atomic mass is 10.1. The summed E-state index contributed by atoms with van der Waals surface area (Å²) in [5, 5.41) is 0.161. The highest BCUT2D eigenvalue weighted by Gasteiger charge is 2.19. The normalized spacial score (nSPS) is 11.0. The Kier molecular flexibility index (Phi) is 4.68. The minimum atomic E-state index is -4.02. The number of nitrogens with one attached hydrogen (secondary N) is 1. The van der Waals surface area contributed by atoms with E-state index in [2.05, 4.69) is 4.98 Å². The number of nitrogens with zero attached hydrogens (tertiary/aromatic N) is 1. The van der Waals surface area contributed by atoms with Crippen LogP contribution in [0.15, 0.2) is 41.4 Å². The molecule has 116 valence electrons. The Morgan fingerprint density at radius 1 is 1.27 bits per heavy atom. The Morgan fingerprint density at radius 3 is 2.59 bits per heavy atom. The molecule has 0 spiro atoms. The van der Waals surface area contributed by atoms with Crippen molar-refractivity contribution in [2.45, 2.75) is 11.8 Å². The van der Waals surface area contributed by atoms with Crippen molar-refractivity contribution in [3.63, 3.8) is 0 Å². The van der Waals surface area contributed by atoms with Crippen LogP contribution in [-0.4, -0.2) is 26.4 Å². The number of benzene rings is 1. The fourth-order valence-electron chi connectivity index (χ4n) is 1.72. The summed E-state index contributed by atoms with van der Waals surface area (Å²) in [5.41, 5.74) is 1.01. The van der Waals surface area contributed by atoms with E-state index in [0.29, 0.717) is 5.75 Å². The first-order valence-corrected chi connectivity index (χ1v) is 8.03. The molecular weight excluding hydrogens is 328 g/mol. The van der Waals surface area contributed by atoms with Gasteiger partial charge in [-0.1, -0.05) is 17.7 Å². The molecular formula is C14H13ClN2O4S. The number of hydrogen-bond donors (Lipinski definition) is 1. The Balaban J connectivity index is 2.26. The average molecular weight is 341 g/mol. The molecule has 2 rings (SSSR count). The van der Waals surface area contributed by atoms with Gasteiger partial charge in [0.15, 0.2) is 0 Å². The summed E-state index contributed by atoms with van der Waals surface area (Å²) in [7, 11) is -2.54. The third-order valence-corrected chi connectivity index (χ3v) is 4.45. The highest BCUT2D eigenvalue weighted by Crippen LogP contribution is 2.19. The molecule has 8 heteroatoms. The van der Waals surface area contributed by atoms with Gasteiger partial charge in [0.2, 0.25) is 0 Å². The monoisotopic (exact) mass is 340 g/mol. The fourth-order valence-corrected chi connectivity index (χ4v) is 2.75. The summed E-state index contributed by atoms with van der Waals surface area (Å²) in [4.78, 5) is 15.6. The molecule has 2 aromatic rings. The number of aromatic nitrogens is 1. The molecule has 0 bridgehead atoms. The third-order valence-electron chi connectivity index (χ3n) is 2.91. The van der Waals surface area contributed by atoms with E-state index in [0.717, 1.165) is 11.8 Å². The smallest absolute Gasteiger partial charge is 0.265 e. The Bertz CT molecular complexity index is 804. The highest BCUT2D eigenvalue weighted by molar-refractivity contribution is 7.90. The van der Waals surface area contributed by atoms with Crippen LogP contribution in [0.1, 0.15) is 15.9 Å². The lowest BCUT2D eigenvalue weighted by molar-refractivity contribution is 0.0981. The number of rotatable bonds is 4. The number of methoxy groups -OCH3 is 1. The maximum atomic E-state index is 12.1. The Morgan fingerprint density at radius 2 is 2.00 bits per heavy atom. The Hall–Kier alpha value is -2.12. The van der Waals surface area contributed by atoms with Crippen LogP contribution >= 0.6 is 11.6 Å². The summed E-state index contributed by atoms with van der Waals surface area (Å²) in [6, 6.07) is 7.25. The van der Waals surface area contributed by atoms with Crippen LogP contribution < -0.4 is 9.46 Å². The van der Waals surface area contributed by atoms with E-state index in [1.807, 2.05) is 11.6 Å². The zero-order valence-corrected chi connectivity index (χ0v) is 13.4. The van der Waals surface area contributed by atoms with Crippen LogP contribution in [-0.2, 0) is 10.0 Å². The minimum absolute atomic E-state index is 0.149. The highest BCUT2D eigenvalue weighted by atomic mass is 35.5. The van der Waals surface area contributed by atoms with E-state index in [1.165, 1.54) is 31.4 Å². The van der Waals surface area contributed by atoms with Crippen LogP contribution in [0.3, 0.4) is 0 Å². The molecule has 6 nitrogen and oxygen atoms in total. The standard InChI is InChI=1S/C14H13ClN2O4S/c1-9-3-4-10(7-12(9)21-2)14(18)17-22(19,20)11-5-6-13(15)16-8-11/h3-8H,1-2H3,(H,17,18). The molecule has 1 aromatic heterocycles. The molecule has 0 aliphatic heterocycles. The molecule has 1 amide bonds. The SMILES string of the molecule is COc1cc(C(=O)NS(=O)(=O)c2ccc(Cl)nc2)ccc1C. The van der Waals surface area contributed by atoms with Gasteiger partial charge in [-0.15, -0.1) is 0 Å². The number of sulfonamides is 1. The zero-order valence-electron chi connectivity index (χ0n) is 11.8. The number of carbonyl (C=O) groups excluding carboxylic acids is 1. The van der Waals surface area contributed by atoms with Crippen molar-refractivity contribution in [3.8, 4) is 5.75 Å². The van der Waals surface area contributed by atoms with Crippen molar-refractivity contribution >= 4 is 27.5 Å². The van der Waals surface area contributed by atoms with Crippen molar-refractivity contribution in [1.82, 2.24) is 9.71 Å². The van der Waals surface area contributed by atoms with Crippen molar-refractivity contribution in [2.24, 2.45) is 0 Å². The lowest BCUT2D eigenvalue weighted by Crippen LogP contribution is -2.30. The van der Waals surface area contributed by atoms with E-state index in [-0.39, 0.29) is 15.6 Å². The summed E-state index contributed by atoms with van der Waals surface area (Å²) >= 11 is 5.60. The summed E-state index contributed by atoms with van der Waals surface area (Å²) in [5.74, 6) is -0.258. The molecule has 0 atom stereocenters. The third kappa shape index (κ3) is 3.55. The number of hydrogen-bond acceptors (Lipinski definition) is 5. The largest absolute Gasteiger partial charge is 0.496 e. The fraction of sp³-hybridized carbons (Fsp3) is 0.143. The molecule has 22 heavy (non-hydrogen) atoms. The van der Waals surface area contributed by atoms with Crippen molar-refractivity contribution in [3.05, 3.63) is 52.8 Å². The summed E-state index contributed by atoms with van der Waals surface area (Å²) in [6.45, 7) is 1.82. The van der Waals surface area contributed by atoms with Gasteiger partial charge in [0.25, 0.3) is 15.9 Å². The van der Waals surface area contributed by atoms with Crippen LogP contribution in [0.2, 0.25) is 5.15 Å². The van der Waals surface area contributed by atoms with Crippen LogP contribution in [0.5, 0.6) is 5.75 Å². The zero-order chi connectivity index (χ0) is 16.3. The maximum Gasteiger partial charge on any atom is 0.265 e. The second-order valence-electron chi connectivity index (χ2n) is 4.44. The van der Waals surface area contributed by atoms with Crippen LogP contribution in [0, 0.1) is 6.92 Å². The van der Waals surface area contributed by atoms with Crippen LogP contribution in [0.25, 0.3) is 0 Å². The molecule has 0 fully saturated rings. The van der Waals surface area contributed by atoms with E-state index in [9.17, 15) is 13.2 Å². The molecule has 0 aliphatic rings.